The Morgan fingerprint density at radius 1 is 1.39 bits per heavy atom. The molecule has 7 nitrogen and oxygen atoms in total. The zero-order valence-corrected chi connectivity index (χ0v) is 10.4. The number of aromatic nitrogens is 5. The SMILES string of the molecule is CCn1ncnc1CC(N)c1ccc(OC)nn1. The van der Waals surface area contributed by atoms with E-state index < -0.39 is 0 Å². The van der Waals surface area contributed by atoms with Gasteiger partial charge >= 0.3 is 0 Å². The van der Waals surface area contributed by atoms with Crippen LogP contribution in [0.4, 0.5) is 0 Å². The largest absolute Gasteiger partial charge is 0.480 e. The van der Waals surface area contributed by atoms with Crippen LogP contribution in [0.15, 0.2) is 18.5 Å². The number of nitrogens with zero attached hydrogens (tertiary/aromatic N) is 5. The highest BCUT2D eigenvalue weighted by molar-refractivity contribution is 5.14. The predicted octanol–water partition coefficient (Wildman–Crippen LogP) is 0.339. The minimum Gasteiger partial charge on any atom is -0.480 e. The third-order valence-electron chi connectivity index (χ3n) is 2.65. The van der Waals surface area contributed by atoms with Crippen molar-refractivity contribution in [3.63, 3.8) is 0 Å². The van der Waals surface area contributed by atoms with Crippen LogP contribution in [0.2, 0.25) is 0 Å². The summed E-state index contributed by atoms with van der Waals surface area (Å²) < 4.78 is 6.77. The Morgan fingerprint density at radius 3 is 2.83 bits per heavy atom. The molecule has 2 N–H and O–H groups in total. The van der Waals surface area contributed by atoms with E-state index in [4.69, 9.17) is 10.5 Å². The van der Waals surface area contributed by atoms with Crippen LogP contribution in [0.1, 0.15) is 24.5 Å². The first-order chi connectivity index (χ1) is 8.74. The second-order valence-corrected chi connectivity index (χ2v) is 3.80. The molecular weight excluding hydrogens is 232 g/mol. The standard InChI is InChI=1S/C11H16N6O/c1-3-17-10(13-7-14-17)6-8(12)9-4-5-11(18-2)16-15-9/h4-5,7-8H,3,6,12H2,1-2H3. The topological polar surface area (TPSA) is 91.7 Å². The molecular formula is C11H16N6O. The number of hydrogen-bond donors (Lipinski definition) is 1. The van der Waals surface area contributed by atoms with Crippen molar-refractivity contribution in [1.82, 2.24) is 25.0 Å². The first kappa shape index (κ1) is 12.4. The lowest BCUT2D eigenvalue weighted by atomic mass is 10.1. The lowest BCUT2D eigenvalue weighted by Gasteiger charge is -2.10. The van der Waals surface area contributed by atoms with Crippen LogP contribution in [0.5, 0.6) is 5.88 Å². The van der Waals surface area contributed by atoms with Gasteiger partial charge in [-0.3, -0.25) is 4.68 Å². The van der Waals surface area contributed by atoms with Gasteiger partial charge in [0.2, 0.25) is 5.88 Å². The predicted molar refractivity (Wildman–Crippen MR) is 64.9 cm³/mol. The maximum absolute atomic E-state index is 6.08. The third-order valence-corrected chi connectivity index (χ3v) is 2.65. The van der Waals surface area contributed by atoms with Gasteiger partial charge in [-0.25, -0.2) is 4.98 Å². The Labute approximate surface area is 105 Å². The second kappa shape index (κ2) is 5.54. The van der Waals surface area contributed by atoms with Crippen LogP contribution in [0.3, 0.4) is 0 Å². The van der Waals surface area contributed by atoms with Crippen molar-refractivity contribution in [2.24, 2.45) is 5.73 Å². The van der Waals surface area contributed by atoms with E-state index in [9.17, 15) is 0 Å². The van der Waals surface area contributed by atoms with Gasteiger partial charge < -0.3 is 10.5 Å². The summed E-state index contributed by atoms with van der Waals surface area (Å²) in [7, 11) is 1.55. The second-order valence-electron chi connectivity index (χ2n) is 3.80. The molecule has 0 fully saturated rings. The van der Waals surface area contributed by atoms with Crippen molar-refractivity contribution in [2.75, 3.05) is 7.11 Å². The van der Waals surface area contributed by atoms with Gasteiger partial charge in [0.1, 0.15) is 12.2 Å². The Morgan fingerprint density at radius 2 is 2.22 bits per heavy atom. The summed E-state index contributed by atoms with van der Waals surface area (Å²) in [4.78, 5) is 4.19. The lowest BCUT2D eigenvalue weighted by Crippen LogP contribution is -2.18. The van der Waals surface area contributed by atoms with Gasteiger partial charge in [0.15, 0.2) is 0 Å². The van der Waals surface area contributed by atoms with E-state index in [-0.39, 0.29) is 6.04 Å². The van der Waals surface area contributed by atoms with E-state index in [0.717, 1.165) is 12.4 Å². The molecule has 1 unspecified atom stereocenters. The molecule has 1 atom stereocenters. The summed E-state index contributed by atoms with van der Waals surface area (Å²) >= 11 is 0. The van der Waals surface area contributed by atoms with E-state index >= 15 is 0 Å². The number of nitrogens with two attached hydrogens (primary N) is 1. The number of ether oxygens (including phenoxy) is 1. The molecule has 2 aromatic heterocycles. The van der Waals surface area contributed by atoms with Crippen LogP contribution in [0.25, 0.3) is 0 Å². The highest BCUT2D eigenvalue weighted by atomic mass is 16.5. The van der Waals surface area contributed by atoms with Gasteiger partial charge in [-0.05, 0) is 13.0 Å². The summed E-state index contributed by atoms with van der Waals surface area (Å²) in [5.41, 5.74) is 6.79. The lowest BCUT2D eigenvalue weighted by molar-refractivity contribution is 0.390. The summed E-state index contributed by atoms with van der Waals surface area (Å²) in [5.74, 6) is 1.32. The Kier molecular flexibility index (Phi) is 3.83. The Bertz CT molecular complexity index is 494. The fraction of sp³-hybridized carbons (Fsp3) is 0.455. The normalized spacial score (nSPS) is 12.4. The van der Waals surface area contributed by atoms with Gasteiger partial charge in [-0.1, -0.05) is 0 Å². The molecule has 0 aliphatic rings. The fourth-order valence-electron chi connectivity index (χ4n) is 1.65. The molecule has 0 aromatic carbocycles. The van der Waals surface area contributed by atoms with Crippen LogP contribution < -0.4 is 10.5 Å². The van der Waals surface area contributed by atoms with Gasteiger partial charge in [-0.15, -0.1) is 5.10 Å². The molecule has 2 aromatic rings. The highest BCUT2D eigenvalue weighted by Gasteiger charge is 2.13. The third kappa shape index (κ3) is 2.62. The van der Waals surface area contributed by atoms with Crippen molar-refractivity contribution in [3.8, 4) is 5.88 Å². The van der Waals surface area contributed by atoms with E-state index in [1.165, 1.54) is 6.33 Å². The smallest absolute Gasteiger partial charge is 0.233 e. The average molecular weight is 248 g/mol. The molecule has 0 bridgehead atoms. The van der Waals surface area contributed by atoms with Crippen LogP contribution in [-0.2, 0) is 13.0 Å². The Hall–Kier alpha value is -2.02. The van der Waals surface area contributed by atoms with Gasteiger partial charge in [0.25, 0.3) is 0 Å². The maximum Gasteiger partial charge on any atom is 0.233 e. The van der Waals surface area contributed by atoms with Crippen molar-refractivity contribution in [2.45, 2.75) is 25.9 Å². The van der Waals surface area contributed by atoms with Crippen LogP contribution in [0, 0.1) is 0 Å². The van der Waals surface area contributed by atoms with Crippen molar-refractivity contribution >= 4 is 0 Å². The van der Waals surface area contributed by atoms with Crippen LogP contribution >= 0.6 is 0 Å². The fourth-order valence-corrected chi connectivity index (χ4v) is 1.65. The van der Waals surface area contributed by atoms with Crippen molar-refractivity contribution < 1.29 is 4.74 Å². The summed E-state index contributed by atoms with van der Waals surface area (Å²) in [6, 6.07) is 3.30. The average Bonchev–Trinajstić information content (AvgIpc) is 2.86. The molecule has 96 valence electrons. The molecule has 2 rings (SSSR count). The van der Waals surface area contributed by atoms with E-state index in [1.807, 2.05) is 17.7 Å². The number of methoxy groups -OCH3 is 1. The van der Waals surface area contributed by atoms with Crippen molar-refractivity contribution in [1.29, 1.82) is 0 Å². The van der Waals surface area contributed by atoms with E-state index in [2.05, 4.69) is 20.3 Å². The molecule has 0 amide bonds. The van der Waals surface area contributed by atoms with Crippen molar-refractivity contribution in [3.05, 3.63) is 30.0 Å². The van der Waals surface area contributed by atoms with Gasteiger partial charge in [0.05, 0.1) is 18.8 Å². The molecule has 0 spiro atoms. The molecule has 0 saturated heterocycles. The van der Waals surface area contributed by atoms with Gasteiger partial charge in [-0.2, -0.15) is 10.2 Å². The molecule has 2 heterocycles. The maximum atomic E-state index is 6.08. The molecule has 0 aliphatic heterocycles. The zero-order chi connectivity index (χ0) is 13.0. The zero-order valence-electron chi connectivity index (χ0n) is 10.4. The molecule has 0 saturated carbocycles. The molecule has 0 radical (unpaired) electrons. The molecule has 18 heavy (non-hydrogen) atoms. The summed E-state index contributed by atoms with van der Waals surface area (Å²) in [5, 5.41) is 12.0. The summed E-state index contributed by atoms with van der Waals surface area (Å²) in [6.45, 7) is 2.78. The summed E-state index contributed by atoms with van der Waals surface area (Å²) in [6.07, 6.45) is 2.11. The molecule has 0 aliphatic carbocycles. The minimum atomic E-state index is -0.252. The molecule has 7 heteroatoms. The van der Waals surface area contributed by atoms with Crippen LogP contribution in [-0.4, -0.2) is 32.1 Å². The van der Waals surface area contributed by atoms with Gasteiger partial charge in [0, 0.05) is 19.0 Å². The number of rotatable bonds is 5. The number of hydrogen-bond acceptors (Lipinski definition) is 6. The van der Waals surface area contributed by atoms with E-state index in [1.54, 1.807) is 13.2 Å². The minimum absolute atomic E-state index is 0.252. The quantitative estimate of drug-likeness (QED) is 0.820. The first-order valence-corrected chi connectivity index (χ1v) is 5.74. The van der Waals surface area contributed by atoms with E-state index in [0.29, 0.717) is 18.0 Å². The Balaban J connectivity index is 2.09. The number of aryl methyl sites for hydroxylation is 1. The first-order valence-electron chi connectivity index (χ1n) is 5.74. The monoisotopic (exact) mass is 248 g/mol. The highest BCUT2D eigenvalue weighted by Crippen LogP contribution is 2.13.